The van der Waals surface area contributed by atoms with E-state index < -0.39 is 0 Å². The summed E-state index contributed by atoms with van der Waals surface area (Å²) in [5, 5.41) is 18.4. The van der Waals surface area contributed by atoms with E-state index in [0.29, 0.717) is 12.2 Å². The molecule has 1 aromatic carbocycles. The van der Waals surface area contributed by atoms with Gasteiger partial charge in [0.05, 0.1) is 24.0 Å². The van der Waals surface area contributed by atoms with Crippen LogP contribution in [0.4, 0.5) is 5.69 Å². The number of furan rings is 1. The van der Waals surface area contributed by atoms with Gasteiger partial charge in [0.1, 0.15) is 11.8 Å². The summed E-state index contributed by atoms with van der Waals surface area (Å²) in [4.78, 5) is 1.97. The molecule has 0 atom stereocenters. The Balaban J connectivity index is 2.14. The molecule has 2 heterocycles. The average molecular weight is 278 g/mol. The first kappa shape index (κ1) is 13.1. The lowest BCUT2D eigenvalue weighted by atomic mass is 10.1. The van der Waals surface area contributed by atoms with Gasteiger partial charge in [0.2, 0.25) is 0 Å². The van der Waals surface area contributed by atoms with Crippen LogP contribution in [0.1, 0.15) is 17.0 Å². The first-order valence-corrected chi connectivity index (χ1v) is 6.59. The number of hydrogen-bond donors (Lipinski definition) is 0. The molecule has 0 fully saturated rings. The van der Waals surface area contributed by atoms with E-state index in [1.54, 1.807) is 6.26 Å². The molecule has 0 saturated carbocycles. The van der Waals surface area contributed by atoms with Crippen molar-refractivity contribution in [2.75, 3.05) is 11.9 Å². The maximum Gasteiger partial charge on any atom is 0.187 e. The Bertz CT molecular complexity index is 818. The summed E-state index contributed by atoms with van der Waals surface area (Å²) in [6, 6.07) is 11.8. The van der Waals surface area contributed by atoms with Crippen molar-refractivity contribution < 1.29 is 4.42 Å². The number of nitrogens with zero attached hydrogens (tertiary/aromatic N) is 4. The summed E-state index contributed by atoms with van der Waals surface area (Å²) in [6.45, 7) is 2.58. The van der Waals surface area contributed by atoms with Crippen molar-refractivity contribution in [2.45, 2.75) is 13.5 Å². The molecule has 3 aromatic rings. The molecule has 0 aliphatic rings. The molecule has 21 heavy (non-hydrogen) atoms. The minimum Gasteiger partial charge on any atom is -0.467 e. The molecule has 0 saturated heterocycles. The van der Waals surface area contributed by atoms with Gasteiger partial charge in [0.25, 0.3) is 0 Å². The molecule has 104 valence electrons. The van der Waals surface area contributed by atoms with Crippen LogP contribution in [0.15, 0.2) is 41.0 Å². The van der Waals surface area contributed by atoms with E-state index in [4.69, 9.17) is 4.42 Å². The third-order valence-corrected chi connectivity index (χ3v) is 3.35. The Morgan fingerprint density at radius 2 is 2.14 bits per heavy atom. The van der Waals surface area contributed by atoms with Gasteiger partial charge in [-0.05, 0) is 31.2 Å². The first-order chi connectivity index (χ1) is 10.2. The largest absolute Gasteiger partial charge is 0.467 e. The molecule has 0 unspecified atom stereocenters. The predicted octanol–water partition coefficient (Wildman–Crippen LogP) is 3.04. The topological polar surface area (TPSA) is 66.0 Å². The zero-order valence-electron chi connectivity index (χ0n) is 11.9. The van der Waals surface area contributed by atoms with Crippen LogP contribution < -0.4 is 4.90 Å². The van der Waals surface area contributed by atoms with Crippen molar-refractivity contribution in [1.29, 1.82) is 5.26 Å². The Kier molecular flexibility index (Phi) is 3.28. The fraction of sp³-hybridized carbons (Fsp3) is 0.188. The highest BCUT2D eigenvalue weighted by atomic mass is 16.3. The van der Waals surface area contributed by atoms with Gasteiger partial charge >= 0.3 is 0 Å². The monoisotopic (exact) mass is 278 g/mol. The minimum absolute atomic E-state index is 0.321. The number of nitriles is 1. The molecule has 2 aromatic heterocycles. The van der Waals surface area contributed by atoms with Crippen LogP contribution in [0.5, 0.6) is 0 Å². The fourth-order valence-corrected chi connectivity index (χ4v) is 2.38. The smallest absolute Gasteiger partial charge is 0.187 e. The van der Waals surface area contributed by atoms with Crippen LogP contribution in [0.25, 0.3) is 10.9 Å². The number of aromatic nitrogens is 2. The normalized spacial score (nSPS) is 10.5. The van der Waals surface area contributed by atoms with E-state index in [2.05, 4.69) is 16.3 Å². The van der Waals surface area contributed by atoms with Crippen molar-refractivity contribution in [3.63, 3.8) is 0 Å². The Labute approximate surface area is 122 Å². The van der Waals surface area contributed by atoms with Gasteiger partial charge in [-0.1, -0.05) is 11.6 Å². The number of fused-ring (bicyclic) bond motifs is 1. The Hall–Kier alpha value is -2.87. The molecule has 0 spiro atoms. The highest BCUT2D eigenvalue weighted by Crippen LogP contribution is 2.29. The van der Waals surface area contributed by atoms with Crippen molar-refractivity contribution in [3.05, 3.63) is 53.6 Å². The maximum atomic E-state index is 9.32. The van der Waals surface area contributed by atoms with Crippen molar-refractivity contribution in [3.8, 4) is 6.07 Å². The lowest BCUT2D eigenvalue weighted by molar-refractivity contribution is 0.507. The first-order valence-electron chi connectivity index (χ1n) is 6.59. The minimum atomic E-state index is 0.321. The third-order valence-electron chi connectivity index (χ3n) is 3.35. The number of anilines is 1. The standard InChI is InChI=1S/C16H14N4O/c1-11-5-6-14-13(8-11)16(15(9-17)19-18-14)20(2)10-12-4-3-7-21-12/h3-8H,10H2,1-2H3. The van der Waals surface area contributed by atoms with E-state index in [-0.39, 0.29) is 0 Å². The lowest BCUT2D eigenvalue weighted by Crippen LogP contribution is -2.18. The molecule has 0 amide bonds. The maximum absolute atomic E-state index is 9.32. The number of aryl methyl sites for hydroxylation is 1. The summed E-state index contributed by atoms with van der Waals surface area (Å²) in [5.41, 5.74) is 3.00. The summed E-state index contributed by atoms with van der Waals surface area (Å²) >= 11 is 0. The van der Waals surface area contributed by atoms with Crippen LogP contribution in [0, 0.1) is 18.3 Å². The molecule has 0 radical (unpaired) electrons. The zero-order valence-corrected chi connectivity index (χ0v) is 11.9. The van der Waals surface area contributed by atoms with E-state index in [9.17, 15) is 5.26 Å². The van der Waals surface area contributed by atoms with Crippen molar-refractivity contribution >= 4 is 16.6 Å². The van der Waals surface area contributed by atoms with E-state index in [1.165, 1.54) is 0 Å². The molecule has 0 bridgehead atoms. The molecular formula is C16H14N4O. The average Bonchev–Trinajstić information content (AvgIpc) is 2.98. The second-order valence-electron chi connectivity index (χ2n) is 4.97. The second kappa shape index (κ2) is 5.25. The van der Waals surface area contributed by atoms with Gasteiger partial charge in [-0.3, -0.25) is 0 Å². The van der Waals surface area contributed by atoms with Gasteiger partial charge in [-0.25, -0.2) is 0 Å². The van der Waals surface area contributed by atoms with Gasteiger partial charge in [0, 0.05) is 12.4 Å². The highest BCUT2D eigenvalue weighted by molar-refractivity contribution is 5.93. The summed E-state index contributed by atoms with van der Waals surface area (Å²) in [5.74, 6) is 0.832. The van der Waals surface area contributed by atoms with Crippen LogP contribution >= 0.6 is 0 Å². The van der Waals surface area contributed by atoms with Gasteiger partial charge < -0.3 is 9.32 Å². The van der Waals surface area contributed by atoms with Gasteiger partial charge in [0.15, 0.2) is 5.69 Å². The summed E-state index contributed by atoms with van der Waals surface area (Å²) < 4.78 is 5.37. The van der Waals surface area contributed by atoms with Crippen LogP contribution in [-0.2, 0) is 6.54 Å². The Morgan fingerprint density at radius 1 is 1.29 bits per heavy atom. The highest BCUT2D eigenvalue weighted by Gasteiger charge is 2.15. The molecule has 5 nitrogen and oxygen atoms in total. The number of hydrogen-bond acceptors (Lipinski definition) is 5. The zero-order chi connectivity index (χ0) is 14.8. The van der Waals surface area contributed by atoms with E-state index >= 15 is 0 Å². The van der Waals surface area contributed by atoms with Crippen LogP contribution in [0.2, 0.25) is 0 Å². The van der Waals surface area contributed by atoms with E-state index in [1.807, 2.05) is 49.2 Å². The molecule has 3 rings (SSSR count). The van der Waals surface area contributed by atoms with Crippen molar-refractivity contribution in [1.82, 2.24) is 10.2 Å². The summed E-state index contributed by atoms with van der Waals surface area (Å²) in [6.07, 6.45) is 1.64. The van der Waals surface area contributed by atoms with Gasteiger partial charge in [-0.15, -0.1) is 10.2 Å². The molecular weight excluding hydrogens is 264 g/mol. The van der Waals surface area contributed by atoms with Crippen molar-refractivity contribution in [2.24, 2.45) is 0 Å². The van der Waals surface area contributed by atoms with Crippen LogP contribution in [-0.4, -0.2) is 17.2 Å². The van der Waals surface area contributed by atoms with Gasteiger partial charge in [-0.2, -0.15) is 5.26 Å². The fourth-order valence-electron chi connectivity index (χ4n) is 2.38. The SMILES string of the molecule is Cc1ccc2nnc(C#N)c(N(C)Cc3ccco3)c2c1. The second-order valence-corrected chi connectivity index (χ2v) is 4.97. The Morgan fingerprint density at radius 3 is 2.86 bits per heavy atom. The third kappa shape index (κ3) is 2.43. The molecule has 0 aliphatic heterocycles. The lowest BCUT2D eigenvalue weighted by Gasteiger charge is -2.20. The molecule has 0 N–H and O–H groups in total. The molecule has 5 heteroatoms. The summed E-state index contributed by atoms with van der Waals surface area (Å²) in [7, 11) is 1.92. The number of benzene rings is 1. The quantitative estimate of drug-likeness (QED) is 0.736. The molecule has 0 aliphatic carbocycles. The van der Waals surface area contributed by atoms with E-state index in [0.717, 1.165) is 27.9 Å². The number of rotatable bonds is 3. The predicted molar refractivity (Wildman–Crippen MR) is 79.8 cm³/mol. The van der Waals surface area contributed by atoms with Crippen LogP contribution in [0.3, 0.4) is 0 Å².